The molecule has 0 aliphatic carbocycles. The van der Waals surface area contributed by atoms with Gasteiger partial charge in [-0.05, 0) is 149 Å². The molecule has 5 N–H and O–H groups in total. The van der Waals surface area contributed by atoms with Crippen LogP contribution in [0.3, 0.4) is 0 Å². The van der Waals surface area contributed by atoms with Gasteiger partial charge in [-0.1, -0.05) is 93.1 Å². The predicted molar refractivity (Wildman–Crippen MR) is 316 cm³/mol. The fourth-order valence-corrected chi connectivity index (χ4v) is 8.10. The average molecular weight is 1130 g/mol. The number of Topliss-reactive ketones (excluding diaryl/α,β-unsaturated/α-hetero) is 1. The molecule has 0 unspecified atom stereocenters. The van der Waals surface area contributed by atoms with Crippen LogP contribution in [0.1, 0.15) is 67.1 Å². The van der Waals surface area contributed by atoms with E-state index in [0.717, 1.165) is 99.8 Å². The molecule has 1 aromatic heterocycles. The van der Waals surface area contributed by atoms with Gasteiger partial charge in [-0.25, -0.2) is 4.98 Å². The van der Waals surface area contributed by atoms with Crippen molar-refractivity contribution in [1.82, 2.24) is 19.7 Å². The fourth-order valence-electron chi connectivity index (χ4n) is 6.81. The van der Waals surface area contributed by atoms with Crippen molar-refractivity contribution in [2.24, 2.45) is 4.99 Å². The van der Waals surface area contributed by atoms with E-state index in [4.69, 9.17) is 35.2 Å². The van der Waals surface area contributed by atoms with Crippen molar-refractivity contribution in [3.8, 4) is 28.7 Å². The van der Waals surface area contributed by atoms with Crippen LogP contribution in [0.5, 0.6) is 28.7 Å². The molecule has 0 atom stereocenters. The van der Waals surface area contributed by atoms with Crippen LogP contribution in [0.25, 0.3) is 0 Å². The minimum atomic E-state index is -0.182. The van der Waals surface area contributed by atoms with Gasteiger partial charge in [0.2, 0.25) is 5.78 Å². The number of carbonyl (C=O) groups is 2. The number of likely N-dealkylation sites (N-methyl/N-ethyl adjacent to an activating group) is 3. The number of halogens is 1. The topological polar surface area (TPSA) is 179 Å². The van der Waals surface area contributed by atoms with Gasteiger partial charge in [0.25, 0.3) is 0 Å². The predicted octanol–water partition coefficient (Wildman–Crippen LogP) is 11.8. The number of nitrogen functional groups attached to an aromatic ring is 2. The summed E-state index contributed by atoms with van der Waals surface area (Å²) in [4.78, 5) is 39.6. The first-order valence-corrected chi connectivity index (χ1v) is 27.4. The van der Waals surface area contributed by atoms with Gasteiger partial charge in [-0.15, -0.1) is 0 Å². The number of anilines is 4. The average Bonchev–Trinajstić information content (AvgIpc) is 3.82. The number of hydrogen-bond acceptors (Lipinski definition) is 17. The zero-order valence-electron chi connectivity index (χ0n) is 44.7. The van der Waals surface area contributed by atoms with Gasteiger partial charge < -0.3 is 55.2 Å². The number of thiocarbonyl (C=S) groups is 1. The first kappa shape index (κ1) is 62.9. The van der Waals surface area contributed by atoms with E-state index in [2.05, 4.69) is 105 Å². The van der Waals surface area contributed by atoms with Crippen LogP contribution in [-0.4, -0.2) is 135 Å². The molecular formula is C57H75BrN8O7S2. The van der Waals surface area contributed by atoms with Crippen LogP contribution < -0.4 is 40.5 Å². The Balaban J connectivity index is 0.000000286. The van der Waals surface area contributed by atoms with Crippen LogP contribution in [0.4, 0.5) is 28.0 Å². The van der Waals surface area contributed by atoms with Gasteiger partial charge in [-0.2, -0.15) is 4.99 Å². The number of ether oxygens (including phenoxy) is 5. The summed E-state index contributed by atoms with van der Waals surface area (Å²) < 4.78 is 27.2. The summed E-state index contributed by atoms with van der Waals surface area (Å²) in [5, 5.41) is 6.44. The minimum Gasteiger partial charge on any atom is -0.497 e. The molecule has 0 bridgehead atoms. The zero-order valence-corrected chi connectivity index (χ0v) is 47.9. The number of aliphatic imine (C=N–C) groups is 1. The van der Waals surface area contributed by atoms with Crippen molar-refractivity contribution in [3.63, 3.8) is 0 Å². The number of ketones is 2. The summed E-state index contributed by atoms with van der Waals surface area (Å²) in [6.45, 7) is 24.1. The summed E-state index contributed by atoms with van der Waals surface area (Å²) in [5.41, 5.74) is 15.2. The van der Waals surface area contributed by atoms with E-state index in [9.17, 15) is 9.59 Å². The first-order valence-electron chi connectivity index (χ1n) is 25.0. The van der Waals surface area contributed by atoms with Gasteiger partial charge in [0.05, 0.1) is 30.4 Å². The Bertz CT molecular complexity index is 2590. The Kier molecular flexibility index (Phi) is 30.7. The number of aromatic nitrogens is 1. The largest absolute Gasteiger partial charge is 0.497 e. The Morgan fingerprint density at radius 2 is 1.05 bits per heavy atom. The number of carbonyl (C=O) groups excluding carboxylic acids is 2. The molecule has 404 valence electrons. The molecule has 0 amide bonds. The maximum atomic E-state index is 12.8. The van der Waals surface area contributed by atoms with E-state index in [1.54, 1.807) is 56.7 Å². The van der Waals surface area contributed by atoms with E-state index in [0.29, 0.717) is 51.2 Å². The maximum Gasteiger partial charge on any atom is 0.206 e. The summed E-state index contributed by atoms with van der Waals surface area (Å²) in [6.07, 6.45) is 0. The van der Waals surface area contributed by atoms with Crippen LogP contribution in [0.2, 0.25) is 0 Å². The zero-order chi connectivity index (χ0) is 54.8. The second-order valence-corrected chi connectivity index (χ2v) is 17.9. The van der Waals surface area contributed by atoms with Gasteiger partial charge in [-0.3, -0.25) is 9.59 Å². The summed E-state index contributed by atoms with van der Waals surface area (Å²) in [5.74, 6) is 3.97. The van der Waals surface area contributed by atoms with Crippen molar-refractivity contribution in [2.75, 3.05) is 115 Å². The Morgan fingerprint density at radius 3 is 1.48 bits per heavy atom. The molecule has 0 spiro atoms. The second-order valence-electron chi connectivity index (χ2n) is 16.1. The normalized spacial score (nSPS) is 10.4. The highest BCUT2D eigenvalue weighted by atomic mass is 79.9. The number of alkyl halides is 1. The molecule has 1 heterocycles. The highest BCUT2D eigenvalue weighted by molar-refractivity contribution is 9.09. The summed E-state index contributed by atoms with van der Waals surface area (Å²) in [7, 11) is 3.14. The number of thiazole rings is 1. The van der Waals surface area contributed by atoms with E-state index in [-0.39, 0.29) is 17.4 Å². The minimum absolute atomic E-state index is 0.0638. The number of nitrogens with zero attached hydrogens (tertiary/aromatic N) is 5. The Morgan fingerprint density at radius 1 is 0.627 bits per heavy atom. The van der Waals surface area contributed by atoms with Crippen molar-refractivity contribution in [2.45, 2.75) is 41.5 Å². The van der Waals surface area contributed by atoms with Gasteiger partial charge in [0.15, 0.2) is 10.9 Å². The van der Waals surface area contributed by atoms with Crippen LogP contribution in [0.15, 0.2) is 126 Å². The third kappa shape index (κ3) is 23.8. The molecule has 0 radical (unpaired) electrons. The Hall–Kier alpha value is -6.37. The number of nitrogens with one attached hydrogen (secondary N) is 1. The molecule has 0 fully saturated rings. The van der Waals surface area contributed by atoms with E-state index >= 15 is 0 Å². The maximum absolute atomic E-state index is 12.8. The number of rotatable bonds is 27. The lowest BCUT2D eigenvalue weighted by Crippen LogP contribution is -2.27. The molecular weight excluding hydrogens is 1050 g/mol. The summed E-state index contributed by atoms with van der Waals surface area (Å²) in [6, 6.07) is 36.8. The standard InChI is InChI=1S/C23H28N4O3S.C13H18N2OS.C12H20N2O.C9H9BrO2/c1-4-27(5-2)13-14-30-18-11-9-17(10-12-18)25-23-26-22(24)21(31-23)20(28)16-7-6-8-19(15-16)29-3;1-3-15(4-2)9-10-16-13-7-5-12(6-8-13)14-11-17;1-3-14(4-2)9-10-15-12-7-5-11(13)6-8-12;1-12-8-4-2-3-7(5-8)9(11)6-10/h6-12,15H,4-5,13-14,24H2,1-3H3,(H,25,26);5-8H,3-4,9-10H2,1-2H3;5-8H,3-4,9-10,13H2,1-2H3;2-5H,6H2,1H3. The van der Waals surface area contributed by atoms with E-state index < -0.39 is 0 Å². The second kappa shape index (κ2) is 36.6. The molecule has 15 nitrogen and oxygen atoms in total. The molecule has 18 heteroatoms. The fraction of sp³-hybridized carbons (Fsp3) is 0.368. The number of nitrogens with two attached hydrogens (primary N) is 2. The molecule has 0 aliphatic heterocycles. The molecule has 6 rings (SSSR count). The number of methoxy groups -OCH3 is 2. The van der Waals surface area contributed by atoms with Crippen LogP contribution in [-0.2, 0) is 0 Å². The quantitative estimate of drug-likeness (QED) is 0.0146. The molecule has 0 saturated carbocycles. The lowest BCUT2D eigenvalue weighted by atomic mass is 10.1. The van der Waals surface area contributed by atoms with Crippen molar-refractivity contribution < 1.29 is 33.3 Å². The third-order valence-corrected chi connectivity index (χ3v) is 13.0. The van der Waals surface area contributed by atoms with Crippen LogP contribution in [0, 0.1) is 0 Å². The number of hydrogen-bond donors (Lipinski definition) is 3. The van der Waals surface area contributed by atoms with Crippen molar-refractivity contribution in [1.29, 1.82) is 0 Å². The highest BCUT2D eigenvalue weighted by Gasteiger charge is 2.19. The summed E-state index contributed by atoms with van der Waals surface area (Å²) >= 11 is 8.87. The van der Waals surface area contributed by atoms with Crippen molar-refractivity contribution in [3.05, 3.63) is 137 Å². The Labute approximate surface area is 462 Å². The lowest BCUT2D eigenvalue weighted by molar-refractivity contribution is 0.102. The molecule has 0 saturated heterocycles. The molecule has 75 heavy (non-hydrogen) atoms. The SMILES string of the molecule is CCN(CC)CCOc1ccc(N)cc1.CCN(CC)CCOc1ccc(N=C=S)cc1.CCN(CC)CCOc1ccc(Nc2nc(N)c(C(=O)c3cccc(OC)c3)s2)cc1.COc1cccc(C(=O)CBr)c1. The first-order chi connectivity index (χ1) is 36.4. The smallest absolute Gasteiger partial charge is 0.206 e. The van der Waals surface area contributed by atoms with Gasteiger partial charge >= 0.3 is 0 Å². The number of isothiocyanates is 1. The van der Waals surface area contributed by atoms with E-state index in [1.165, 1.54) is 11.3 Å². The molecule has 5 aromatic carbocycles. The van der Waals surface area contributed by atoms with Crippen molar-refractivity contribution >= 4 is 84.2 Å². The van der Waals surface area contributed by atoms with E-state index in [1.807, 2.05) is 78.9 Å². The molecule has 0 aliphatic rings. The third-order valence-electron chi connectivity index (χ3n) is 11.4. The lowest BCUT2D eigenvalue weighted by Gasteiger charge is -2.18. The van der Waals surface area contributed by atoms with Gasteiger partial charge in [0.1, 0.15) is 59.3 Å². The van der Waals surface area contributed by atoms with Crippen LogP contribution >= 0.6 is 39.5 Å². The molecule has 6 aromatic rings. The highest BCUT2D eigenvalue weighted by Crippen LogP contribution is 2.31. The monoisotopic (exact) mass is 1130 g/mol. The number of benzene rings is 5. The van der Waals surface area contributed by atoms with Gasteiger partial charge in [0, 0.05) is 42.1 Å².